The molecule has 194 valence electrons. The van der Waals surface area contributed by atoms with Crippen LogP contribution in [0.5, 0.6) is 5.75 Å². The van der Waals surface area contributed by atoms with Crippen molar-refractivity contribution < 1.29 is 24.2 Å². The number of benzene rings is 3. The van der Waals surface area contributed by atoms with Crippen LogP contribution in [-0.4, -0.2) is 36.0 Å². The lowest BCUT2D eigenvalue weighted by atomic mass is 9.89. The van der Waals surface area contributed by atoms with Gasteiger partial charge in [-0.05, 0) is 55.8 Å². The topological polar surface area (TPSA) is 95.9 Å². The third-order valence-electron chi connectivity index (χ3n) is 5.96. The molecular weight excluding hydrogens is 515 g/mol. The van der Waals surface area contributed by atoms with E-state index in [4.69, 9.17) is 27.9 Å². The maximum Gasteiger partial charge on any atom is 0.326 e. The van der Waals surface area contributed by atoms with Gasteiger partial charge in [-0.3, -0.25) is 9.59 Å². The average molecular weight is 543 g/mol. The molecule has 3 aromatic carbocycles. The number of amides is 2. The lowest BCUT2D eigenvalue weighted by Crippen LogP contribution is -2.53. The van der Waals surface area contributed by atoms with E-state index >= 15 is 0 Å². The fourth-order valence-electron chi connectivity index (χ4n) is 3.61. The van der Waals surface area contributed by atoms with Gasteiger partial charge >= 0.3 is 5.97 Å². The SMILES string of the molecule is CN(C(=O)C(C)(C)C(=O)N[C@@H](Cc1ccc(OCc2c(Cl)cccc2Cl)cc1)C(=O)O)c1ccccc1. The molecule has 0 spiro atoms. The number of aliphatic carboxylic acids is 1. The van der Waals surface area contributed by atoms with E-state index in [0.717, 1.165) is 0 Å². The van der Waals surface area contributed by atoms with Gasteiger partial charge in [0, 0.05) is 34.8 Å². The number of carbonyl (C=O) groups is 3. The predicted molar refractivity (Wildman–Crippen MR) is 144 cm³/mol. The number of carbonyl (C=O) groups excluding carboxylic acids is 2. The summed E-state index contributed by atoms with van der Waals surface area (Å²) < 4.78 is 5.76. The molecule has 0 saturated carbocycles. The van der Waals surface area contributed by atoms with Crippen LogP contribution in [0.2, 0.25) is 10.0 Å². The van der Waals surface area contributed by atoms with Crippen molar-refractivity contribution in [2.75, 3.05) is 11.9 Å². The lowest BCUT2D eigenvalue weighted by molar-refractivity contribution is -0.146. The Labute approximate surface area is 226 Å². The van der Waals surface area contributed by atoms with Crippen LogP contribution in [0.4, 0.5) is 5.69 Å². The molecule has 0 radical (unpaired) electrons. The monoisotopic (exact) mass is 542 g/mol. The average Bonchev–Trinajstić information content (AvgIpc) is 2.88. The number of nitrogens with one attached hydrogen (secondary N) is 1. The molecule has 0 aliphatic heterocycles. The maximum atomic E-state index is 13.0. The Morgan fingerprint density at radius 2 is 1.54 bits per heavy atom. The quantitative estimate of drug-likeness (QED) is 0.335. The number of anilines is 1. The van der Waals surface area contributed by atoms with Gasteiger partial charge in [0.05, 0.1) is 0 Å². The Bertz CT molecular complexity index is 1240. The van der Waals surface area contributed by atoms with Crippen molar-refractivity contribution in [2.24, 2.45) is 5.41 Å². The van der Waals surface area contributed by atoms with E-state index in [0.29, 0.717) is 32.6 Å². The summed E-state index contributed by atoms with van der Waals surface area (Å²) in [7, 11) is 1.57. The van der Waals surface area contributed by atoms with Crippen molar-refractivity contribution in [3.8, 4) is 5.75 Å². The molecule has 2 amide bonds. The van der Waals surface area contributed by atoms with Crippen molar-refractivity contribution in [3.05, 3.63) is 94.0 Å². The molecule has 0 aliphatic carbocycles. The number of carboxylic acid groups (broad SMARTS) is 1. The molecule has 0 heterocycles. The number of ether oxygens (including phenoxy) is 1. The normalized spacial score (nSPS) is 11.9. The summed E-state index contributed by atoms with van der Waals surface area (Å²) in [4.78, 5) is 39.4. The van der Waals surface area contributed by atoms with Gasteiger partial charge in [0.1, 0.15) is 23.8 Å². The Morgan fingerprint density at radius 3 is 2.11 bits per heavy atom. The van der Waals surface area contributed by atoms with Crippen LogP contribution in [-0.2, 0) is 27.4 Å². The van der Waals surface area contributed by atoms with Crippen molar-refractivity contribution in [2.45, 2.75) is 32.9 Å². The summed E-state index contributed by atoms with van der Waals surface area (Å²) in [5.41, 5.74) is 0.470. The Morgan fingerprint density at radius 1 is 0.946 bits per heavy atom. The number of hydrogen-bond acceptors (Lipinski definition) is 4. The molecule has 9 heteroatoms. The largest absolute Gasteiger partial charge is 0.489 e. The molecule has 0 aliphatic rings. The first-order valence-corrected chi connectivity index (χ1v) is 12.3. The summed E-state index contributed by atoms with van der Waals surface area (Å²) in [5.74, 6) is -1.79. The van der Waals surface area contributed by atoms with Crippen LogP contribution in [0.15, 0.2) is 72.8 Å². The number of nitrogens with zero attached hydrogens (tertiary/aromatic N) is 1. The zero-order valence-corrected chi connectivity index (χ0v) is 22.2. The van der Waals surface area contributed by atoms with Crippen LogP contribution < -0.4 is 15.0 Å². The van der Waals surface area contributed by atoms with Gasteiger partial charge in [0.2, 0.25) is 11.8 Å². The molecule has 3 rings (SSSR count). The second-order valence-electron chi connectivity index (χ2n) is 9.03. The van der Waals surface area contributed by atoms with Crippen LogP contribution in [0, 0.1) is 5.41 Å². The Balaban J connectivity index is 1.64. The summed E-state index contributed by atoms with van der Waals surface area (Å²) >= 11 is 12.3. The van der Waals surface area contributed by atoms with Crippen molar-refractivity contribution in [3.63, 3.8) is 0 Å². The minimum Gasteiger partial charge on any atom is -0.489 e. The van der Waals surface area contributed by atoms with E-state index in [2.05, 4.69) is 5.32 Å². The minimum atomic E-state index is -1.49. The lowest BCUT2D eigenvalue weighted by Gasteiger charge is -2.29. The standard InChI is InChI=1S/C28H28Cl2N2O5/c1-28(2,27(36)32(3)19-8-5-4-6-9-19)26(35)31-24(25(33)34)16-18-12-14-20(15-13-18)37-17-21-22(29)10-7-11-23(21)30/h4-15,24H,16-17H2,1-3H3,(H,31,35)(H,33,34)/t24-/m0/s1. The first kappa shape index (κ1) is 28.0. The number of para-hydroxylation sites is 1. The number of rotatable bonds is 10. The van der Waals surface area contributed by atoms with E-state index < -0.39 is 29.2 Å². The van der Waals surface area contributed by atoms with Crippen LogP contribution in [0.1, 0.15) is 25.0 Å². The van der Waals surface area contributed by atoms with E-state index in [-0.39, 0.29) is 13.0 Å². The van der Waals surface area contributed by atoms with E-state index in [9.17, 15) is 19.5 Å². The Kier molecular flexibility index (Phi) is 9.18. The molecule has 2 N–H and O–H groups in total. The fraction of sp³-hybridized carbons (Fsp3) is 0.250. The number of hydrogen-bond donors (Lipinski definition) is 2. The van der Waals surface area contributed by atoms with Crippen LogP contribution in [0.25, 0.3) is 0 Å². The first-order valence-electron chi connectivity index (χ1n) is 11.5. The van der Waals surface area contributed by atoms with Gasteiger partial charge < -0.3 is 20.1 Å². The molecule has 37 heavy (non-hydrogen) atoms. The van der Waals surface area contributed by atoms with Gasteiger partial charge in [-0.25, -0.2) is 4.79 Å². The molecule has 1 atom stereocenters. The van der Waals surface area contributed by atoms with Crippen molar-refractivity contribution >= 4 is 46.7 Å². The summed E-state index contributed by atoms with van der Waals surface area (Å²) in [6.45, 7) is 3.12. The Hall–Kier alpha value is -3.55. The molecule has 0 fully saturated rings. The molecule has 0 unspecified atom stereocenters. The molecule has 0 bridgehead atoms. The summed E-state index contributed by atoms with van der Waals surface area (Å²) in [5, 5.41) is 13.3. The van der Waals surface area contributed by atoms with Crippen molar-refractivity contribution in [1.29, 1.82) is 0 Å². The molecule has 7 nitrogen and oxygen atoms in total. The molecule has 3 aromatic rings. The second kappa shape index (κ2) is 12.1. The highest BCUT2D eigenvalue weighted by atomic mass is 35.5. The van der Waals surface area contributed by atoms with E-state index in [1.165, 1.54) is 18.7 Å². The number of carboxylic acids is 1. The number of halogens is 2. The second-order valence-corrected chi connectivity index (χ2v) is 9.84. The van der Waals surface area contributed by atoms with E-state index in [1.807, 2.05) is 6.07 Å². The zero-order valence-electron chi connectivity index (χ0n) is 20.7. The van der Waals surface area contributed by atoms with Gasteiger partial charge in [-0.2, -0.15) is 0 Å². The third kappa shape index (κ3) is 7.02. The van der Waals surface area contributed by atoms with Crippen LogP contribution >= 0.6 is 23.2 Å². The molecule has 0 saturated heterocycles. The van der Waals surface area contributed by atoms with E-state index in [1.54, 1.807) is 73.8 Å². The molecule has 0 aromatic heterocycles. The summed E-state index contributed by atoms with van der Waals surface area (Å²) in [6, 6.07) is 19.7. The highest BCUT2D eigenvalue weighted by Gasteiger charge is 2.40. The minimum absolute atomic E-state index is 0.0243. The van der Waals surface area contributed by atoms with Gasteiger partial charge in [0.15, 0.2) is 0 Å². The highest BCUT2D eigenvalue weighted by molar-refractivity contribution is 6.35. The van der Waals surface area contributed by atoms with Gasteiger partial charge in [-0.15, -0.1) is 0 Å². The van der Waals surface area contributed by atoms with Gasteiger partial charge in [0.25, 0.3) is 0 Å². The van der Waals surface area contributed by atoms with Gasteiger partial charge in [-0.1, -0.05) is 59.6 Å². The molecular formula is C28H28Cl2N2O5. The predicted octanol–water partition coefficient (Wildman–Crippen LogP) is 5.37. The highest BCUT2D eigenvalue weighted by Crippen LogP contribution is 2.26. The third-order valence-corrected chi connectivity index (χ3v) is 6.67. The fourth-order valence-corrected chi connectivity index (χ4v) is 4.11. The maximum absolute atomic E-state index is 13.0. The first-order chi connectivity index (χ1) is 17.5. The summed E-state index contributed by atoms with van der Waals surface area (Å²) in [6.07, 6.45) is 0.0243. The van der Waals surface area contributed by atoms with Crippen molar-refractivity contribution in [1.82, 2.24) is 5.32 Å². The smallest absolute Gasteiger partial charge is 0.326 e. The van der Waals surface area contributed by atoms with Crippen LogP contribution in [0.3, 0.4) is 0 Å². The zero-order chi connectivity index (χ0) is 27.2.